The van der Waals surface area contributed by atoms with E-state index in [-0.39, 0.29) is 30.5 Å². The summed E-state index contributed by atoms with van der Waals surface area (Å²) in [7, 11) is 2.47. The summed E-state index contributed by atoms with van der Waals surface area (Å²) < 4.78 is 15.2. The van der Waals surface area contributed by atoms with E-state index in [1.165, 1.54) is 26.0 Å². The van der Waals surface area contributed by atoms with Crippen LogP contribution in [0.2, 0.25) is 0 Å². The molecule has 0 saturated heterocycles. The first kappa shape index (κ1) is 19.4. The van der Waals surface area contributed by atoms with Crippen molar-refractivity contribution in [2.24, 2.45) is 0 Å². The maximum Gasteiger partial charge on any atom is 0.355 e. The molecule has 0 saturated carbocycles. The Morgan fingerprint density at radius 2 is 1.79 bits per heavy atom. The number of rotatable bonds is 4. The van der Waals surface area contributed by atoms with Crippen LogP contribution in [0.4, 0.5) is 11.4 Å². The number of benzene rings is 2. The predicted octanol–water partition coefficient (Wildman–Crippen LogP) is 2.19. The van der Waals surface area contributed by atoms with Gasteiger partial charge in [-0.1, -0.05) is 24.3 Å². The first-order valence-corrected chi connectivity index (χ1v) is 8.51. The standard InChI is InChI=1S/C20H20N2O6/c1-12(23)21-17-9-14(8-13-6-4-5-7-15(13)17)22-11-28-10-16(19(24)26-2)18(22)20(25)27-3/h4-9H,10-11H2,1-3H3,(H,21,23). The summed E-state index contributed by atoms with van der Waals surface area (Å²) >= 11 is 0. The highest BCUT2D eigenvalue weighted by Gasteiger charge is 2.32. The SMILES string of the molecule is COC(=O)C1=C(C(=O)OC)N(c2cc(NC(C)=O)c3ccccc3c2)COC1. The Hall–Kier alpha value is -3.39. The minimum Gasteiger partial charge on any atom is -0.466 e. The van der Waals surface area contributed by atoms with Crippen molar-refractivity contribution in [1.82, 2.24) is 0 Å². The lowest BCUT2D eigenvalue weighted by atomic mass is 10.1. The average Bonchev–Trinajstić information content (AvgIpc) is 2.71. The number of amides is 1. The van der Waals surface area contributed by atoms with Crippen molar-refractivity contribution in [2.75, 3.05) is 37.8 Å². The number of hydrogen-bond donors (Lipinski definition) is 1. The van der Waals surface area contributed by atoms with Crippen LogP contribution in [0.25, 0.3) is 10.8 Å². The first-order valence-electron chi connectivity index (χ1n) is 8.51. The molecule has 8 nitrogen and oxygen atoms in total. The molecule has 0 atom stereocenters. The van der Waals surface area contributed by atoms with Gasteiger partial charge in [0.25, 0.3) is 0 Å². The smallest absolute Gasteiger partial charge is 0.355 e. The number of ether oxygens (including phenoxy) is 3. The Kier molecular flexibility index (Phi) is 5.60. The van der Waals surface area contributed by atoms with Crippen LogP contribution in [0, 0.1) is 0 Å². The molecule has 0 aliphatic carbocycles. The van der Waals surface area contributed by atoms with Gasteiger partial charge in [-0.3, -0.25) is 4.79 Å². The average molecular weight is 384 g/mol. The van der Waals surface area contributed by atoms with Crippen LogP contribution >= 0.6 is 0 Å². The van der Waals surface area contributed by atoms with Gasteiger partial charge in [0.2, 0.25) is 5.91 Å². The second kappa shape index (κ2) is 8.10. The van der Waals surface area contributed by atoms with Crippen LogP contribution in [0.5, 0.6) is 0 Å². The molecule has 1 N–H and O–H groups in total. The largest absolute Gasteiger partial charge is 0.466 e. The molecule has 0 bridgehead atoms. The number of methoxy groups -OCH3 is 2. The van der Waals surface area contributed by atoms with Gasteiger partial charge in [0.15, 0.2) is 0 Å². The zero-order chi connectivity index (χ0) is 20.3. The summed E-state index contributed by atoms with van der Waals surface area (Å²) in [6, 6.07) is 11.1. The van der Waals surface area contributed by atoms with Gasteiger partial charge in [0, 0.05) is 18.0 Å². The molecule has 146 valence electrons. The van der Waals surface area contributed by atoms with E-state index in [1.807, 2.05) is 30.3 Å². The van der Waals surface area contributed by atoms with E-state index in [0.29, 0.717) is 11.4 Å². The molecule has 0 aromatic heterocycles. The molecule has 0 spiro atoms. The van der Waals surface area contributed by atoms with E-state index in [4.69, 9.17) is 14.2 Å². The van der Waals surface area contributed by atoms with Crippen molar-refractivity contribution >= 4 is 40.0 Å². The number of hydrogen-bond acceptors (Lipinski definition) is 7. The van der Waals surface area contributed by atoms with Crippen LogP contribution in [0.3, 0.4) is 0 Å². The molecule has 0 radical (unpaired) electrons. The zero-order valence-corrected chi connectivity index (χ0v) is 15.8. The first-order chi connectivity index (χ1) is 13.5. The van der Waals surface area contributed by atoms with Gasteiger partial charge < -0.3 is 24.4 Å². The summed E-state index contributed by atoms with van der Waals surface area (Å²) in [5, 5.41) is 4.49. The monoisotopic (exact) mass is 384 g/mol. The molecule has 2 aromatic rings. The van der Waals surface area contributed by atoms with E-state index in [1.54, 1.807) is 6.07 Å². The Labute approximate surface area is 161 Å². The Bertz CT molecular complexity index is 982. The molecule has 0 fully saturated rings. The Morgan fingerprint density at radius 1 is 1.07 bits per heavy atom. The zero-order valence-electron chi connectivity index (χ0n) is 15.8. The third-order valence-electron chi connectivity index (χ3n) is 4.30. The maximum atomic E-state index is 12.5. The van der Waals surface area contributed by atoms with Gasteiger partial charge >= 0.3 is 11.9 Å². The lowest BCUT2D eigenvalue weighted by Crippen LogP contribution is -2.38. The van der Waals surface area contributed by atoms with Crippen LogP contribution in [0.1, 0.15) is 6.92 Å². The fraction of sp³-hybridized carbons (Fsp3) is 0.250. The molecule has 1 amide bonds. The second-order valence-electron chi connectivity index (χ2n) is 6.11. The normalized spacial score (nSPS) is 14.0. The van der Waals surface area contributed by atoms with Gasteiger partial charge in [-0.25, -0.2) is 9.59 Å². The number of esters is 2. The molecule has 3 rings (SSSR count). The summed E-state index contributed by atoms with van der Waals surface area (Å²) in [5.41, 5.74) is 1.25. The van der Waals surface area contributed by atoms with Gasteiger partial charge in [-0.05, 0) is 17.5 Å². The second-order valence-corrected chi connectivity index (χ2v) is 6.11. The lowest BCUT2D eigenvalue weighted by Gasteiger charge is -2.31. The lowest BCUT2D eigenvalue weighted by molar-refractivity contribution is -0.140. The van der Waals surface area contributed by atoms with Gasteiger partial charge in [-0.15, -0.1) is 0 Å². The minimum absolute atomic E-state index is 0.0305. The van der Waals surface area contributed by atoms with Gasteiger partial charge in [0.05, 0.1) is 32.1 Å². The van der Waals surface area contributed by atoms with Crippen LogP contribution < -0.4 is 10.2 Å². The van der Waals surface area contributed by atoms with E-state index < -0.39 is 11.9 Å². The maximum absolute atomic E-state index is 12.5. The van der Waals surface area contributed by atoms with E-state index >= 15 is 0 Å². The van der Waals surface area contributed by atoms with E-state index in [2.05, 4.69) is 5.32 Å². The molecular formula is C20H20N2O6. The van der Waals surface area contributed by atoms with Crippen molar-refractivity contribution in [3.8, 4) is 0 Å². The molecule has 28 heavy (non-hydrogen) atoms. The molecule has 1 aliphatic heterocycles. The molecule has 0 unspecified atom stereocenters. The van der Waals surface area contributed by atoms with Crippen LogP contribution in [-0.2, 0) is 28.6 Å². The molecular weight excluding hydrogens is 364 g/mol. The quantitative estimate of drug-likeness (QED) is 0.808. The van der Waals surface area contributed by atoms with E-state index in [0.717, 1.165) is 10.8 Å². The highest BCUT2D eigenvalue weighted by atomic mass is 16.5. The van der Waals surface area contributed by atoms with Crippen molar-refractivity contribution in [1.29, 1.82) is 0 Å². The topological polar surface area (TPSA) is 94.2 Å². The molecule has 1 heterocycles. The van der Waals surface area contributed by atoms with Gasteiger partial charge in [-0.2, -0.15) is 0 Å². The van der Waals surface area contributed by atoms with Crippen molar-refractivity contribution < 1.29 is 28.6 Å². The fourth-order valence-corrected chi connectivity index (χ4v) is 3.09. The summed E-state index contributed by atoms with van der Waals surface area (Å²) in [4.78, 5) is 37.8. The minimum atomic E-state index is -0.682. The number of nitrogens with one attached hydrogen (secondary N) is 1. The van der Waals surface area contributed by atoms with Crippen molar-refractivity contribution in [2.45, 2.75) is 6.92 Å². The Morgan fingerprint density at radius 3 is 2.46 bits per heavy atom. The van der Waals surface area contributed by atoms with E-state index in [9.17, 15) is 14.4 Å². The van der Waals surface area contributed by atoms with Crippen LogP contribution in [0.15, 0.2) is 47.7 Å². The Balaban J connectivity index is 2.20. The number of nitrogens with zero attached hydrogens (tertiary/aromatic N) is 1. The predicted molar refractivity (Wildman–Crippen MR) is 103 cm³/mol. The summed E-state index contributed by atoms with van der Waals surface area (Å²) in [6.07, 6.45) is 0. The summed E-state index contributed by atoms with van der Waals surface area (Å²) in [5.74, 6) is -1.58. The molecule has 2 aromatic carbocycles. The molecule has 8 heteroatoms. The van der Waals surface area contributed by atoms with Crippen LogP contribution in [-0.4, -0.2) is 45.4 Å². The third kappa shape index (κ3) is 3.67. The fourth-order valence-electron chi connectivity index (χ4n) is 3.09. The summed E-state index contributed by atoms with van der Waals surface area (Å²) in [6.45, 7) is 1.38. The molecule has 1 aliphatic rings. The van der Waals surface area contributed by atoms with Crippen molar-refractivity contribution in [3.63, 3.8) is 0 Å². The highest BCUT2D eigenvalue weighted by molar-refractivity contribution is 6.06. The number of carbonyl (C=O) groups excluding carboxylic acids is 3. The van der Waals surface area contributed by atoms with Gasteiger partial charge in [0.1, 0.15) is 12.4 Å². The third-order valence-corrected chi connectivity index (χ3v) is 4.30. The highest BCUT2D eigenvalue weighted by Crippen LogP contribution is 2.34. The number of fused-ring (bicyclic) bond motifs is 1. The van der Waals surface area contributed by atoms with Crippen molar-refractivity contribution in [3.05, 3.63) is 47.7 Å². The number of carbonyl (C=O) groups is 3. The number of anilines is 2.